The molecule has 0 saturated heterocycles. The molecule has 4 rings (SSSR count). The number of para-hydroxylation sites is 1. The topological polar surface area (TPSA) is 54.9 Å². The van der Waals surface area contributed by atoms with E-state index >= 15 is 0 Å². The number of pyridine rings is 2. The fourth-order valence-corrected chi connectivity index (χ4v) is 2.96. The molecular weight excluding hydrogens is 360 g/mol. The quantitative estimate of drug-likeness (QED) is 0.513. The summed E-state index contributed by atoms with van der Waals surface area (Å²) >= 11 is 0. The molecule has 0 spiro atoms. The summed E-state index contributed by atoms with van der Waals surface area (Å²) < 4.78 is 26.0. The summed E-state index contributed by atoms with van der Waals surface area (Å²) in [5, 5.41) is 3.58. The van der Waals surface area contributed by atoms with Crippen LogP contribution < -0.4 is 5.32 Å². The number of nitrogens with zero attached hydrogens (tertiary/aromatic N) is 2. The first-order chi connectivity index (χ1) is 13.6. The van der Waals surface area contributed by atoms with Crippen LogP contribution in [0.2, 0.25) is 0 Å². The van der Waals surface area contributed by atoms with Crippen molar-refractivity contribution in [1.29, 1.82) is 0 Å². The van der Waals surface area contributed by atoms with Gasteiger partial charge in [0, 0.05) is 22.7 Å². The Morgan fingerprint density at radius 1 is 0.964 bits per heavy atom. The molecule has 0 bridgehead atoms. The maximum Gasteiger partial charge on any atom is 0.263 e. The van der Waals surface area contributed by atoms with E-state index in [1.54, 1.807) is 54.9 Å². The molecule has 0 unspecified atom stereocenters. The highest BCUT2D eigenvalue weighted by atomic mass is 19.3. The summed E-state index contributed by atoms with van der Waals surface area (Å²) in [6, 6.07) is 18.4. The molecule has 0 fully saturated rings. The van der Waals surface area contributed by atoms with Gasteiger partial charge in [0.2, 0.25) is 0 Å². The minimum atomic E-state index is -2.55. The highest BCUT2D eigenvalue weighted by Crippen LogP contribution is 2.27. The van der Waals surface area contributed by atoms with Gasteiger partial charge in [-0.05, 0) is 30.3 Å². The summed E-state index contributed by atoms with van der Waals surface area (Å²) in [4.78, 5) is 21.3. The second kappa shape index (κ2) is 7.52. The number of benzene rings is 2. The molecule has 0 aliphatic rings. The molecular formula is C22H15F2N3O. The van der Waals surface area contributed by atoms with Gasteiger partial charge in [0.25, 0.3) is 12.3 Å². The number of carbonyl (C=O) groups excluding carboxylic acids is 1. The van der Waals surface area contributed by atoms with Crippen LogP contribution in [0, 0.1) is 0 Å². The monoisotopic (exact) mass is 375 g/mol. The summed E-state index contributed by atoms with van der Waals surface area (Å²) in [5.74, 6) is -0.315. The number of aromatic nitrogens is 2. The van der Waals surface area contributed by atoms with Gasteiger partial charge in [-0.3, -0.25) is 9.78 Å². The van der Waals surface area contributed by atoms with Crippen LogP contribution in [0.1, 0.15) is 22.3 Å². The van der Waals surface area contributed by atoms with Crippen molar-refractivity contribution in [2.24, 2.45) is 0 Å². The van der Waals surface area contributed by atoms with Gasteiger partial charge < -0.3 is 5.32 Å². The highest BCUT2D eigenvalue weighted by molar-refractivity contribution is 6.12. The van der Waals surface area contributed by atoms with Crippen LogP contribution in [0.3, 0.4) is 0 Å². The number of carbonyl (C=O) groups is 1. The molecule has 28 heavy (non-hydrogen) atoms. The third-order valence-corrected chi connectivity index (χ3v) is 4.32. The molecule has 1 amide bonds. The first kappa shape index (κ1) is 17.7. The molecule has 0 radical (unpaired) electrons. The molecule has 0 aliphatic heterocycles. The molecule has 1 N–H and O–H groups in total. The lowest BCUT2D eigenvalue weighted by Gasteiger charge is -2.10. The Balaban J connectivity index is 1.76. The highest BCUT2D eigenvalue weighted by Gasteiger charge is 2.14. The molecule has 0 atom stereocenters. The minimum absolute atomic E-state index is 0.0676. The average molecular weight is 375 g/mol. The van der Waals surface area contributed by atoms with E-state index in [0.29, 0.717) is 28.0 Å². The van der Waals surface area contributed by atoms with E-state index in [1.807, 2.05) is 12.1 Å². The molecule has 0 saturated carbocycles. The van der Waals surface area contributed by atoms with Crippen molar-refractivity contribution in [2.45, 2.75) is 6.43 Å². The molecule has 2 aromatic heterocycles. The largest absolute Gasteiger partial charge is 0.321 e. The molecule has 4 nitrogen and oxygen atoms in total. The van der Waals surface area contributed by atoms with E-state index in [0.717, 1.165) is 5.39 Å². The zero-order valence-corrected chi connectivity index (χ0v) is 14.6. The lowest BCUT2D eigenvalue weighted by atomic mass is 10.0. The standard InChI is InChI=1S/C22H15F2N3O/c23-21(24)16-6-1-5-15(12-16)19-10-9-14-4-2-8-18(20(14)27-19)22(28)26-17-7-3-11-25-13-17/h1-13,21H,(H,26,28). The number of hydrogen-bond donors (Lipinski definition) is 1. The van der Waals surface area contributed by atoms with Crippen LogP contribution in [0.15, 0.2) is 79.1 Å². The maximum absolute atomic E-state index is 13.0. The Hall–Kier alpha value is -3.67. The maximum atomic E-state index is 13.0. The normalized spacial score (nSPS) is 11.0. The summed E-state index contributed by atoms with van der Waals surface area (Å²) in [6.07, 6.45) is 0.619. The Labute approximate surface area is 159 Å². The van der Waals surface area contributed by atoms with Crippen molar-refractivity contribution in [3.05, 3.63) is 90.3 Å². The van der Waals surface area contributed by atoms with Gasteiger partial charge in [-0.25, -0.2) is 13.8 Å². The first-order valence-corrected chi connectivity index (χ1v) is 8.61. The SMILES string of the molecule is O=C(Nc1cccnc1)c1cccc2ccc(-c3cccc(C(F)F)c3)nc12. The number of anilines is 1. The van der Waals surface area contributed by atoms with Crippen molar-refractivity contribution in [1.82, 2.24) is 9.97 Å². The summed E-state index contributed by atoms with van der Waals surface area (Å²) in [7, 11) is 0. The Kier molecular flexibility index (Phi) is 4.76. The van der Waals surface area contributed by atoms with Gasteiger partial charge in [0.1, 0.15) is 0 Å². The molecule has 0 aliphatic carbocycles. The second-order valence-electron chi connectivity index (χ2n) is 6.20. The van der Waals surface area contributed by atoms with Gasteiger partial charge >= 0.3 is 0 Å². The van der Waals surface area contributed by atoms with Crippen molar-refractivity contribution in [3.8, 4) is 11.3 Å². The minimum Gasteiger partial charge on any atom is -0.321 e. The van der Waals surface area contributed by atoms with Crippen molar-refractivity contribution < 1.29 is 13.6 Å². The number of halogens is 2. The number of hydrogen-bond acceptors (Lipinski definition) is 3. The predicted octanol–water partition coefficient (Wildman–Crippen LogP) is 5.49. The summed E-state index contributed by atoms with van der Waals surface area (Å²) in [6.45, 7) is 0. The molecule has 138 valence electrons. The molecule has 2 heterocycles. The number of fused-ring (bicyclic) bond motifs is 1. The van der Waals surface area contributed by atoms with Crippen LogP contribution in [0.5, 0.6) is 0 Å². The van der Waals surface area contributed by atoms with E-state index in [-0.39, 0.29) is 11.5 Å². The van der Waals surface area contributed by atoms with Crippen LogP contribution in [0.4, 0.5) is 14.5 Å². The Morgan fingerprint density at radius 3 is 2.61 bits per heavy atom. The number of alkyl halides is 2. The third-order valence-electron chi connectivity index (χ3n) is 4.32. The van der Waals surface area contributed by atoms with Crippen LogP contribution in [0.25, 0.3) is 22.2 Å². The van der Waals surface area contributed by atoms with Gasteiger partial charge in [-0.2, -0.15) is 0 Å². The van der Waals surface area contributed by atoms with Gasteiger partial charge in [-0.15, -0.1) is 0 Å². The molecule has 4 aromatic rings. The number of rotatable bonds is 4. The third kappa shape index (κ3) is 3.57. The zero-order valence-electron chi connectivity index (χ0n) is 14.6. The fourth-order valence-electron chi connectivity index (χ4n) is 2.96. The predicted molar refractivity (Wildman–Crippen MR) is 104 cm³/mol. The van der Waals surface area contributed by atoms with Gasteiger partial charge in [0.05, 0.1) is 28.7 Å². The average Bonchev–Trinajstić information content (AvgIpc) is 2.73. The number of amides is 1. The second-order valence-corrected chi connectivity index (χ2v) is 6.20. The number of nitrogens with one attached hydrogen (secondary N) is 1. The Morgan fingerprint density at radius 2 is 1.82 bits per heavy atom. The zero-order chi connectivity index (χ0) is 19.5. The van der Waals surface area contributed by atoms with Crippen LogP contribution in [-0.2, 0) is 0 Å². The van der Waals surface area contributed by atoms with Crippen LogP contribution >= 0.6 is 0 Å². The van der Waals surface area contributed by atoms with Crippen LogP contribution in [-0.4, -0.2) is 15.9 Å². The molecule has 2 aromatic carbocycles. The van der Waals surface area contributed by atoms with Crippen molar-refractivity contribution in [3.63, 3.8) is 0 Å². The van der Waals surface area contributed by atoms with E-state index < -0.39 is 6.43 Å². The van der Waals surface area contributed by atoms with E-state index in [2.05, 4.69) is 15.3 Å². The van der Waals surface area contributed by atoms with Gasteiger partial charge in [-0.1, -0.05) is 36.4 Å². The lowest BCUT2D eigenvalue weighted by molar-refractivity contribution is 0.102. The smallest absolute Gasteiger partial charge is 0.263 e. The van der Waals surface area contributed by atoms with E-state index in [1.165, 1.54) is 12.1 Å². The fraction of sp³-hybridized carbons (Fsp3) is 0.0455. The summed E-state index contributed by atoms with van der Waals surface area (Å²) in [5.41, 5.74) is 2.50. The van der Waals surface area contributed by atoms with Crippen molar-refractivity contribution >= 4 is 22.5 Å². The van der Waals surface area contributed by atoms with E-state index in [4.69, 9.17) is 0 Å². The molecule has 6 heteroatoms. The van der Waals surface area contributed by atoms with Gasteiger partial charge in [0.15, 0.2) is 0 Å². The Bertz CT molecular complexity index is 1150. The first-order valence-electron chi connectivity index (χ1n) is 8.61. The van der Waals surface area contributed by atoms with Crippen molar-refractivity contribution in [2.75, 3.05) is 5.32 Å². The van der Waals surface area contributed by atoms with E-state index in [9.17, 15) is 13.6 Å². The lowest BCUT2D eigenvalue weighted by Crippen LogP contribution is -2.13.